The van der Waals surface area contributed by atoms with E-state index in [4.69, 9.17) is 0 Å². The Morgan fingerprint density at radius 2 is 2.17 bits per heavy atom. The molecule has 5 nitrogen and oxygen atoms in total. The van der Waals surface area contributed by atoms with Gasteiger partial charge in [0.1, 0.15) is 0 Å². The summed E-state index contributed by atoms with van der Waals surface area (Å²) in [4.78, 5) is 26.5. The molecule has 0 spiro atoms. The van der Waals surface area contributed by atoms with Crippen LogP contribution in [0.15, 0.2) is 35.7 Å². The zero-order valence-corrected chi connectivity index (χ0v) is 14.3. The number of rotatable bonds is 4. The molecule has 1 atom stereocenters. The molecule has 1 aliphatic rings. The van der Waals surface area contributed by atoms with Crippen molar-refractivity contribution in [1.82, 2.24) is 0 Å². The number of hydrogen-bond donors (Lipinski definition) is 2. The van der Waals surface area contributed by atoms with Crippen molar-refractivity contribution < 1.29 is 14.7 Å². The lowest BCUT2D eigenvalue weighted by Gasteiger charge is -2.33. The first-order valence-corrected chi connectivity index (χ1v) is 8.89. The van der Waals surface area contributed by atoms with Gasteiger partial charge in [0.25, 0.3) is 5.91 Å². The Labute approximate surface area is 144 Å². The topological polar surface area (TPSA) is 69.6 Å². The minimum Gasteiger partial charge on any atom is -0.478 e. The molecule has 0 radical (unpaired) electrons. The fraction of sp³-hybridized carbons (Fsp3) is 0.333. The zero-order chi connectivity index (χ0) is 17.1. The van der Waals surface area contributed by atoms with Gasteiger partial charge in [0.2, 0.25) is 0 Å². The Hall–Kier alpha value is -2.34. The lowest BCUT2D eigenvalue weighted by atomic mass is 9.98. The van der Waals surface area contributed by atoms with Gasteiger partial charge in [-0.3, -0.25) is 4.79 Å². The van der Waals surface area contributed by atoms with Crippen molar-refractivity contribution in [3.8, 4) is 0 Å². The first-order chi connectivity index (χ1) is 11.5. The molecule has 1 aromatic heterocycles. The summed E-state index contributed by atoms with van der Waals surface area (Å²) in [7, 11) is 0. The van der Waals surface area contributed by atoms with Crippen LogP contribution in [0.3, 0.4) is 0 Å². The highest BCUT2D eigenvalue weighted by molar-refractivity contribution is 7.12. The van der Waals surface area contributed by atoms with Crippen LogP contribution in [0.2, 0.25) is 0 Å². The number of carbonyl (C=O) groups excluding carboxylic acids is 1. The van der Waals surface area contributed by atoms with Crippen LogP contribution in [0.4, 0.5) is 11.4 Å². The van der Waals surface area contributed by atoms with E-state index >= 15 is 0 Å². The first-order valence-electron chi connectivity index (χ1n) is 8.01. The average molecular weight is 344 g/mol. The molecular weight excluding hydrogens is 324 g/mol. The van der Waals surface area contributed by atoms with E-state index in [1.165, 1.54) is 17.8 Å². The fourth-order valence-corrected chi connectivity index (χ4v) is 3.69. The SMILES string of the molecule is C[C@@H]1CCCN(c2ccc(NC(=O)c3cccs3)cc2C(=O)O)C1. The zero-order valence-electron chi connectivity index (χ0n) is 13.5. The summed E-state index contributed by atoms with van der Waals surface area (Å²) in [6.45, 7) is 3.91. The molecule has 24 heavy (non-hydrogen) atoms. The Kier molecular flexibility index (Phi) is 4.85. The molecule has 1 saturated heterocycles. The highest BCUT2D eigenvalue weighted by Gasteiger charge is 2.22. The van der Waals surface area contributed by atoms with E-state index in [-0.39, 0.29) is 11.5 Å². The van der Waals surface area contributed by atoms with E-state index < -0.39 is 5.97 Å². The minimum atomic E-state index is -0.976. The normalized spacial score (nSPS) is 17.5. The van der Waals surface area contributed by atoms with Crippen LogP contribution in [-0.2, 0) is 0 Å². The van der Waals surface area contributed by atoms with E-state index in [0.717, 1.165) is 25.2 Å². The predicted molar refractivity (Wildman–Crippen MR) is 96.3 cm³/mol. The molecule has 0 unspecified atom stereocenters. The highest BCUT2D eigenvalue weighted by Crippen LogP contribution is 2.29. The second kappa shape index (κ2) is 7.05. The van der Waals surface area contributed by atoms with Crippen LogP contribution < -0.4 is 10.2 Å². The van der Waals surface area contributed by atoms with Crippen LogP contribution in [0.25, 0.3) is 0 Å². The third-order valence-electron chi connectivity index (χ3n) is 4.23. The summed E-state index contributed by atoms with van der Waals surface area (Å²) < 4.78 is 0. The third kappa shape index (κ3) is 3.59. The van der Waals surface area contributed by atoms with E-state index in [0.29, 0.717) is 16.5 Å². The molecular formula is C18H20N2O3S. The van der Waals surface area contributed by atoms with Gasteiger partial charge in [-0.1, -0.05) is 13.0 Å². The number of benzene rings is 1. The van der Waals surface area contributed by atoms with Crippen molar-refractivity contribution in [2.24, 2.45) is 5.92 Å². The second-order valence-electron chi connectivity index (χ2n) is 6.16. The monoisotopic (exact) mass is 344 g/mol. The Morgan fingerprint density at radius 1 is 1.33 bits per heavy atom. The number of amides is 1. The number of piperidine rings is 1. The number of thiophene rings is 1. The maximum Gasteiger partial charge on any atom is 0.337 e. The maximum atomic E-state index is 12.1. The van der Waals surface area contributed by atoms with Crippen molar-refractivity contribution in [2.75, 3.05) is 23.3 Å². The molecule has 0 saturated carbocycles. The molecule has 0 aliphatic carbocycles. The highest BCUT2D eigenvalue weighted by atomic mass is 32.1. The molecule has 2 N–H and O–H groups in total. The van der Waals surface area contributed by atoms with Crippen molar-refractivity contribution in [3.05, 3.63) is 46.2 Å². The molecule has 0 bridgehead atoms. The summed E-state index contributed by atoms with van der Waals surface area (Å²) in [5.74, 6) is -0.644. The molecule has 1 aromatic carbocycles. The summed E-state index contributed by atoms with van der Waals surface area (Å²) in [6, 6.07) is 8.66. The van der Waals surface area contributed by atoms with Crippen molar-refractivity contribution in [2.45, 2.75) is 19.8 Å². The standard InChI is InChI=1S/C18H20N2O3S/c1-12-4-2-8-20(11-12)15-7-6-13(10-14(15)18(22)23)19-17(21)16-5-3-9-24-16/h3,5-7,9-10,12H,2,4,8,11H2,1H3,(H,19,21)(H,22,23)/t12-/m1/s1. The van der Waals surface area contributed by atoms with Gasteiger partial charge in [0.05, 0.1) is 16.1 Å². The summed E-state index contributed by atoms with van der Waals surface area (Å²) in [6.07, 6.45) is 2.24. The lowest BCUT2D eigenvalue weighted by Crippen LogP contribution is -2.35. The number of carboxylic acids is 1. The Bertz CT molecular complexity index is 743. The number of aromatic carboxylic acids is 1. The van der Waals surface area contributed by atoms with Crippen LogP contribution in [-0.4, -0.2) is 30.1 Å². The molecule has 1 amide bonds. The van der Waals surface area contributed by atoms with E-state index in [2.05, 4.69) is 17.1 Å². The summed E-state index contributed by atoms with van der Waals surface area (Å²) in [5, 5.41) is 14.2. The second-order valence-corrected chi connectivity index (χ2v) is 7.11. The number of hydrogen-bond acceptors (Lipinski definition) is 4. The number of nitrogens with one attached hydrogen (secondary N) is 1. The average Bonchev–Trinajstić information content (AvgIpc) is 3.09. The summed E-state index contributed by atoms with van der Waals surface area (Å²) >= 11 is 1.35. The van der Waals surface area contributed by atoms with Gasteiger partial charge in [-0.2, -0.15) is 0 Å². The quantitative estimate of drug-likeness (QED) is 0.881. The number of carbonyl (C=O) groups is 2. The molecule has 1 fully saturated rings. The van der Waals surface area contributed by atoms with Crippen LogP contribution >= 0.6 is 11.3 Å². The van der Waals surface area contributed by atoms with Crippen molar-refractivity contribution >= 4 is 34.6 Å². The van der Waals surface area contributed by atoms with E-state index in [1.807, 2.05) is 11.4 Å². The predicted octanol–water partition coefficient (Wildman–Crippen LogP) is 3.93. The molecule has 3 rings (SSSR count). The van der Waals surface area contributed by atoms with Gasteiger partial charge in [-0.05, 0) is 48.4 Å². The van der Waals surface area contributed by atoms with Gasteiger partial charge in [0.15, 0.2) is 0 Å². The van der Waals surface area contributed by atoms with Gasteiger partial charge in [0, 0.05) is 18.8 Å². The number of nitrogens with zero attached hydrogens (tertiary/aromatic N) is 1. The van der Waals surface area contributed by atoms with Crippen LogP contribution in [0.1, 0.15) is 39.8 Å². The first kappa shape index (κ1) is 16.5. The van der Waals surface area contributed by atoms with Crippen molar-refractivity contribution in [1.29, 1.82) is 0 Å². The van der Waals surface area contributed by atoms with Crippen LogP contribution in [0, 0.1) is 5.92 Å². The van der Waals surface area contributed by atoms with Gasteiger partial charge in [-0.15, -0.1) is 11.3 Å². The third-order valence-corrected chi connectivity index (χ3v) is 5.10. The summed E-state index contributed by atoms with van der Waals surface area (Å²) in [5.41, 5.74) is 1.45. The Morgan fingerprint density at radius 3 is 2.83 bits per heavy atom. The fourth-order valence-electron chi connectivity index (χ4n) is 3.07. The smallest absolute Gasteiger partial charge is 0.337 e. The number of anilines is 2. The maximum absolute atomic E-state index is 12.1. The molecule has 2 heterocycles. The molecule has 6 heteroatoms. The lowest BCUT2D eigenvalue weighted by molar-refractivity contribution is 0.0697. The van der Waals surface area contributed by atoms with E-state index in [1.54, 1.807) is 24.3 Å². The van der Waals surface area contributed by atoms with Gasteiger partial charge >= 0.3 is 5.97 Å². The molecule has 1 aliphatic heterocycles. The molecule has 126 valence electrons. The van der Waals surface area contributed by atoms with Gasteiger partial charge in [-0.25, -0.2) is 4.79 Å². The van der Waals surface area contributed by atoms with Crippen molar-refractivity contribution in [3.63, 3.8) is 0 Å². The van der Waals surface area contributed by atoms with Gasteiger partial charge < -0.3 is 15.3 Å². The van der Waals surface area contributed by atoms with E-state index in [9.17, 15) is 14.7 Å². The minimum absolute atomic E-state index is 0.222. The molecule has 2 aromatic rings. The van der Waals surface area contributed by atoms with Crippen LogP contribution in [0.5, 0.6) is 0 Å². The number of carboxylic acid groups (broad SMARTS) is 1. The Balaban J connectivity index is 1.84. The largest absolute Gasteiger partial charge is 0.478 e.